The van der Waals surface area contributed by atoms with Crippen LogP contribution in [0.25, 0.3) is 0 Å². The molecular formula is C18H20ClNO2S. The molecule has 1 aromatic carbocycles. The summed E-state index contributed by atoms with van der Waals surface area (Å²) >= 11 is 7.80. The van der Waals surface area contributed by atoms with Crippen LogP contribution in [0.5, 0.6) is 11.5 Å². The molecule has 1 unspecified atom stereocenters. The van der Waals surface area contributed by atoms with Crippen LogP contribution in [0, 0.1) is 0 Å². The number of hydrogen-bond acceptors (Lipinski definition) is 4. The highest BCUT2D eigenvalue weighted by atomic mass is 35.5. The van der Waals surface area contributed by atoms with Gasteiger partial charge in [0.05, 0.1) is 7.11 Å². The van der Waals surface area contributed by atoms with E-state index in [-0.39, 0.29) is 5.75 Å². The van der Waals surface area contributed by atoms with Crippen molar-refractivity contribution in [2.75, 3.05) is 19.5 Å². The number of methoxy groups -OCH3 is 1. The van der Waals surface area contributed by atoms with Crippen LogP contribution < -0.4 is 4.74 Å². The second-order valence-electron chi connectivity index (χ2n) is 6.26. The summed E-state index contributed by atoms with van der Waals surface area (Å²) in [5.74, 6) is 1.50. The largest absolute Gasteiger partial charge is 0.504 e. The average molecular weight is 350 g/mol. The summed E-state index contributed by atoms with van der Waals surface area (Å²) < 4.78 is 5.26. The number of aromatic hydroxyl groups is 1. The molecule has 1 atom stereocenters. The van der Waals surface area contributed by atoms with Crippen LogP contribution in [-0.4, -0.2) is 29.5 Å². The lowest BCUT2D eigenvalue weighted by atomic mass is 9.86. The van der Waals surface area contributed by atoms with E-state index in [0.717, 1.165) is 32.4 Å². The number of hydrogen-bond donors (Lipinski definition) is 1. The second-order valence-corrected chi connectivity index (χ2v) is 7.86. The van der Waals surface area contributed by atoms with E-state index in [1.54, 1.807) is 7.11 Å². The Morgan fingerprint density at radius 3 is 3.00 bits per heavy atom. The number of thiophene rings is 1. The van der Waals surface area contributed by atoms with E-state index in [1.165, 1.54) is 26.4 Å². The predicted octanol–water partition coefficient (Wildman–Crippen LogP) is 3.90. The molecule has 2 aromatic rings. The van der Waals surface area contributed by atoms with Crippen LogP contribution in [-0.2, 0) is 25.8 Å². The fourth-order valence-corrected chi connectivity index (χ4v) is 5.35. The Morgan fingerprint density at radius 1 is 1.35 bits per heavy atom. The van der Waals surface area contributed by atoms with Crippen LogP contribution in [0.15, 0.2) is 18.2 Å². The Kier molecular flexibility index (Phi) is 4.00. The summed E-state index contributed by atoms with van der Waals surface area (Å²) in [6.45, 7) is 2.08. The quantitative estimate of drug-likeness (QED) is 0.853. The van der Waals surface area contributed by atoms with E-state index < -0.39 is 0 Å². The third kappa shape index (κ3) is 2.63. The molecule has 0 bridgehead atoms. The van der Waals surface area contributed by atoms with Gasteiger partial charge < -0.3 is 9.84 Å². The number of rotatable bonds is 3. The Balaban J connectivity index is 1.69. The van der Waals surface area contributed by atoms with Gasteiger partial charge in [0, 0.05) is 34.8 Å². The molecule has 2 aliphatic heterocycles. The molecule has 23 heavy (non-hydrogen) atoms. The maximum absolute atomic E-state index is 10.2. The van der Waals surface area contributed by atoms with Crippen molar-refractivity contribution >= 4 is 22.9 Å². The number of halogens is 1. The van der Waals surface area contributed by atoms with E-state index in [9.17, 15) is 5.11 Å². The van der Waals surface area contributed by atoms with Gasteiger partial charge >= 0.3 is 0 Å². The third-order valence-electron chi connectivity index (χ3n) is 4.96. The lowest BCUT2D eigenvalue weighted by molar-refractivity contribution is 0.163. The van der Waals surface area contributed by atoms with Gasteiger partial charge in [-0.2, -0.15) is 0 Å². The minimum atomic E-state index is 0.243. The summed E-state index contributed by atoms with van der Waals surface area (Å²) in [6.07, 6.45) is 2.99. The van der Waals surface area contributed by atoms with Crippen molar-refractivity contribution in [1.29, 1.82) is 0 Å². The second kappa shape index (κ2) is 6.00. The highest BCUT2D eigenvalue weighted by molar-refractivity contribution is 7.12. The fourth-order valence-electron chi connectivity index (χ4n) is 3.81. The molecule has 0 saturated heterocycles. The number of aryl methyl sites for hydroxylation is 1. The number of ether oxygens (including phenoxy) is 1. The molecule has 4 rings (SSSR count). The Morgan fingerprint density at radius 2 is 2.22 bits per heavy atom. The number of phenolic OH excluding ortho intramolecular Hbond substituents is 1. The third-order valence-corrected chi connectivity index (χ3v) is 6.37. The highest BCUT2D eigenvalue weighted by Crippen LogP contribution is 2.43. The molecule has 0 spiro atoms. The van der Waals surface area contributed by atoms with Crippen molar-refractivity contribution in [2.24, 2.45) is 0 Å². The maximum atomic E-state index is 10.2. The minimum Gasteiger partial charge on any atom is -0.504 e. The van der Waals surface area contributed by atoms with Gasteiger partial charge in [-0.05, 0) is 54.2 Å². The molecule has 5 heteroatoms. The zero-order valence-electron chi connectivity index (χ0n) is 13.1. The monoisotopic (exact) mass is 349 g/mol. The van der Waals surface area contributed by atoms with Crippen LogP contribution in [0.1, 0.15) is 32.5 Å². The fraction of sp³-hybridized carbons (Fsp3) is 0.444. The molecule has 0 fully saturated rings. The van der Waals surface area contributed by atoms with Gasteiger partial charge in [-0.3, -0.25) is 4.90 Å². The van der Waals surface area contributed by atoms with E-state index >= 15 is 0 Å². The Hall–Kier alpha value is -1.23. The van der Waals surface area contributed by atoms with Crippen molar-refractivity contribution in [2.45, 2.75) is 31.8 Å². The molecule has 122 valence electrons. The van der Waals surface area contributed by atoms with Crippen LogP contribution in [0.2, 0.25) is 0 Å². The number of nitrogens with zero attached hydrogens (tertiary/aromatic N) is 1. The summed E-state index contributed by atoms with van der Waals surface area (Å²) in [5.41, 5.74) is 4.02. The van der Waals surface area contributed by atoms with Gasteiger partial charge in [-0.15, -0.1) is 22.9 Å². The smallest absolute Gasteiger partial charge is 0.160 e. The SMILES string of the molecule is COc1cc2c(cc1O)C1Cc3cc(CCCl)sc3CN1CC2. The van der Waals surface area contributed by atoms with Gasteiger partial charge in [-0.1, -0.05) is 0 Å². The normalized spacial score (nSPS) is 19.8. The van der Waals surface area contributed by atoms with Gasteiger partial charge in [0.25, 0.3) is 0 Å². The van der Waals surface area contributed by atoms with Crippen molar-refractivity contribution in [1.82, 2.24) is 4.90 Å². The van der Waals surface area contributed by atoms with E-state index in [4.69, 9.17) is 16.3 Å². The van der Waals surface area contributed by atoms with Crippen LogP contribution in [0.3, 0.4) is 0 Å². The molecule has 0 radical (unpaired) electrons. The van der Waals surface area contributed by atoms with Crippen molar-refractivity contribution < 1.29 is 9.84 Å². The molecule has 3 nitrogen and oxygen atoms in total. The summed E-state index contributed by atoms with van der Waals surface area (Å²) in [6, 6.07) is 6.60. The summed E-state index contributed by atoms with van der Waals surface area (Å²) in [5, 5.41) is 10.2. The number of fused-ring (bicyclic) bond motifs is 4. The summed E-state index contributed by atoms with van der Waals surface area (Å²) in [4.78, 5) is 5.42. The zero-order chi connectivity index (χ0) is 16.0. The number of alkyl halides is 1. The first-order chi connectivity index (χ1) is 11.2. The Bertz CT molecular complexity index is 743. The molecule has 3 heterocycles. The van der Waals surface area contributed by atoms with Crippen LogP contribution in [0.4, 0.5) is 0 Å². The van der Waals surface area contributed by atoms with Crippen molar-refractivity contribution in [3.05, 3.63) is 44.6 Å². The van der Waals surface area contributed by atoms with E-state index in [1.807, 2.05) is 23.5 Å². The van der Waals surface area contributed by atoms with E-state index in [2.05, 4.69) is 11.0 Å². The molecule has 1 N–H and O–H groups in total. The van der Waals surface area contributed by atoms with Crippen molar-refractivity contribution in [3.8, 4) is 11.5 Å². The minimum absolute atomic E-state index is 0.243. The van der Waals surface area contributed by atoms with Gasteiger partial charge in [-0.25, -0.2) is 0 Å². The van der Waals surface area contributed by atoms with Crippen LogP contribution >= 0.6 is 22.9 Å². The molecular weight excluding hydrogens is 330 g/mol. The van der Waals surface area contributed by atoms with Crippen molar-refractivity contribution in [3.63, 3.8) is 0 Å². The standard InChI is InChI=1S/C18H20ClNO2S/c1-22-17-8-11-3-5-20-10-18-12(6-13(23-18)2-4-19)7-15(20)14(11)9-16(17)21/h6,8-9,15,21H,2-5,7,10H2,1H3. The lowest BCUT2D eigenvalue weighted by Crippen LogP contribution is -2.38. The summed E-state index contributed by atoms with van der Waals surface area (Å²) in [7, 11) is 1.60. The van der Waals surface area contributed by atoms with E-state index in [0.29, 0.717) is 17.7 Å². The van der Waals surface area contributed by atoms with Gasteiger partial charge in [0.2, 0.25) is 0 Å². The Labute approximate surface area is 145 Å². The number of phenols is 1. The first-order valence-corrected chi connectivity index (χ1v) is 9.35. The molecule has 0 amide bonds. The average Bonchev–Trinajstić information content (AvgIpc) is 2.94. The molecule has 2 aliphatic rings. The predicted molar refractivity (Wildman–Crippen MR) is 94.0 cm³/mol. The lowest BCUT2D eigenvalue weighted by Gasteiger charge is -2.40. The zero-order valence-corrected chi connectivity index (χ0v) is 14.7. The molecule has 1 aromatic heterocycles. The van der Waals surface area contributed by atoms with Gasteiger partial charge in [0.15, 0.2) is 11.5 Å². The first kappa shape index (κ1) is 15.3. The topological polar surface area (TPSA) is 32.7 Å². The first-order valence-electron chi connectivity index (χ1n) is 8.00. The maximum Gasteiger partial charge on any atom is 0.160 e. The molecule has 0 aliphatic carbocycles. The highest BCUT2D eigenvalue weighted by Gasteiger charge is 2.33. The molecule has 0 saturated carbocycles. The van der Waals surface area contributed by atoms with Gasteiger partial charge in [0.1, 0.15) is 0 Å². The number of benzene rings is 1.